The summed E-state index contributed by atoms with van der Waals surface area (Å²) in [7, 11) is 0. The van der Waals surface area contributed by atoms with Crippen LogP contribution < -0.4 is 15.0 Å². The molecule has 1 N–H and O–H groups in total. The van der Waals surface area contributed by atoms with Gasteiger partial charge in [-0.3, -0.25) is 4.98 Å². The van der Waals surface area contributed by atoms with Crippen LogP contribution in [0.2, 0.25) is 0 Å². The zero-order chi connectivity index (χ0) is 25.2. The predicted molar refractivity (Wildman–Crippen MR) is 151 cm³/mol. The van der Waals surface area contributed by atoms with Crippen LogP contribution in [0.5, 0.6) is 11.5 Å². The number of aromatic nitrogens is 2. The van der Waals surface area contributed by atoms with Gasteiger partial charge in [-0.15, -0.1) is 0 Å². The van der Waals surface area contributed by atoms with Crippen molar-refractivity contribution in [3.05, 3.63) is 139 Å². The standard InChI is InChI=1S/C31H26N4OS/c1-22-12-16-25(17-13-22)36-26-18-14-24(15-19-26)35-30(29(33-31(35)37)27-10-5-6-20-32-27)28-11-7-21-34(28)23-8-3-2-4-9-23/h2-21,29-30H,1H3,(H,33,37)/t29-,30-/m1/s1. The van der Waals surface area contributed by atoms with E-state index >= 15 is 0 Å². The number of aryl methyl sites for hydroxylation is 1. The average Bonchev–Trinajstić information content (AvgIpc) is 3.56. The highest BCUT2D eigenvalue weighted by Gasteiger charge is 2.42. The Morgan fingerprint density at radius 2 is 1.46 bits per heavy atom. The number of nitrogens with one attached hydrogen (secondary N) is 1. The number of nitrogens with zero attached hydrogens (tertiary/aromatic N) is 3. The first-order valence-electron chi connectivity index (χ1n) is 12.3. The second-order valence-corrected chi connectivity index (χ2v) is 9.43. The number of rotatable bonds is 6. The van der Waals surface area contributed by atoms with Crippen LogP contribution in [-0.2, 0) is 0 Å². The van der Waals surface area contributed by atoms with Crippen LogP contribution in [0.3, 0.4) is 0 Å². The number of hydrogen-bond acceptors (Lipinski definition) is 3. The zero-order valence-electron chi connectivity index (χ0n) is 20.4. The maximum atomic E-state index is 6.06. The second-order valence-electron chi connectivity index (χ2n) is 9.04. The summed E-state index contributed by atoms with van der Waals surface area (Å²) in [5.41, 5.74) is 5.35. The molecule has 1 fully saturated rings. The van der Waals surface area contributed by atoms with Gasteiger partial charge in [-0.1, -0.05) is 42.0 Å². The van der Waals surface area contributed by atoms with Gasteiger partial charge in [0.1, 0.15) is 17.5 Å². The van der Waals surface area contributed by atoms with Crippen LogP contribution in [0.1, 0.15) is 29.0 Å². The van der Waals surface area contributed by atoms with E-state index in [4.69, 9.17) is 17.0 Å². The van der Waals surface area contributed by atoms with Gasteiger partial charge in [-0.2, -0.15) is 0 Å². The smallest absolute Gasteiger partial charge is 0.174 e. The predicted octanol–water partition coefficient (Wildman–Crippen LogP) is 7.15. The second kappa shape index (κ2) is 9.91. The minimum Gasteiger partial charge on any atom is -0.457 e. The van der Waals surface area contributed by atoms with Gasteiger partial charge in [0, 0.05) is 29.5 Å². The molecule has 5 aromatic rings. The molecule has 0 amide bonds. The largest absolute Gasteiger partial charge is 0.457 e. The van der Waals surface area contributed by atoms with Crippen LogP contribution in [0.25, 0.3) is 5.69 Å². The highest BCUT2D eigenvalue weighted by atomic mass is 32.1. The molecule has 1 aliphatic heterocycles. The van der Waals surface area contributed by atoms with Gasteiger partial charge in [0.2, 0.25) is 0 Å². The van der Waals surface area contributed by atoms with Crippen molar-refractivity contribution in [1.82, 2.24) is 14.9 Å². The van der Waals surface area contributed by atoms with E-state index in [1.54, 1.807) is 0 Å². The van der Waals surface area contributed by atoms with Gasteiger partial charge in [0.05, 0.1) is 11.7 Å². The molecule has 5 nitrogen and oxygen atoms in total. The van der Waals surface area contributed by atoms with Gasteiger partial charge < -0.3 is 19.5 Å². The maximum absolute atomic E-state index is 6.06. The Hall–Kier alpha value is -4.42. The Balaban J connectivity index is 1.38. The minimum atomic E-state index is -0.116. The molecular formula is C31H26N4OS. The monoisotopic (exact) mass is 502 g/mol. The number of ether oxygens (including phenoxy) is 1. The zero-order valence-corrected chi connectivity index (χ0v) is 21.2. The first kappa shape index (κ1) is 23.0. The van der Waals surface area contributed by atoms with Gasteiger partial charge in [-0.05, 0) is 91.9 Å². The van der Waals surface area contributed by atoms with E-state index in [0.717, 1.165) is 34.3 Å². The molecule has 1 saturated heterocycles. The molecule has 3 aromatic carbocycles. The summed E-state index contributed by atoms with van der Waals surface area (Å²) in [6, 6.07) is 36.5. The van der Waals surface area contributed by atoms with E-state index in [2.05, 4.69) is 81.4 Å². The molecule has 0 aliphatic carbocycles. The van der Waals surface area contributed by atoms with Crippen LogP contribution >= 0.6 is 12.2 Å². The molecule has 37 heavy (non-hydrogen) atoms. The molecule has 6 heteroatoms. The first-order valence-corrected chi connectivity index (χ1v) is 12.7. The van der Waals surface area contributed by atoms with E-state index < -0.39 is 0 Å². The van der Waals surface area contributed by atoms with E-state index in [1.807, 2.05) is 66.9 Å². The Kier molecular flexibility index (Phi) is 6.16. The Morgan fingerprint density at radius 3 is 2.16 bits per heavy atom. The van der Waals surface area contributed by atoms with Crippen molar-refractivity contribution in [3.8, 4) is 17.2 Å². The van der Waals surface area contributed by atoms with E-state index in [1.165, 1.54) is 5.56 Å². The third-order valence-corrected chi connectivity index (χ3v) is 6.90. The van der Waals surface area contributed by atoms with Crippen LogP contribution in [0.4, 0.5) is 5.69 Å². The number of pyridine rings is 1. The summed E-state index contributed by atoms with van der Waals surface area (Å²) in [4.78, 5) is 6.85. The molecule has 0 radical (unpaired) electrons. The SMILES string of the molecule is Cc1ccc(Oc2ccc(N3C(=S)N[C@H](c4ccccn4)[C@H]3c3cccn3-c3ccccc3)cc2)cc1. The third kappa shape index (κ3) is 4.59. The molecular weight excluding hydrogens is 476 g/mol. The van der Waals surface area contributed by atoms with Crippen molar-refractivity contribution in [3.63, 3.8) is 0 Å². The Bertz CT molecular complexity index is 1500. The normalized spacial score (nSPS) is 17.0. The molecule has 0 unspecified atom stereocenters. The number of thiocarbonyl (C=S) groups is 1. The fourth-order valence-corrected chi connectivity index (χ4v) is 5.16. The third-order valence-electron chi connectivity index (χ3n) is 6.59. The highest BCUT2D eigenvalue weighted by Crippen LogP contribution is 2.42. The molecule has 0 spiro atoms. The van der Waals surface area contributed by atoms with Crippen molar-refractivity contribution in [2.24, 2.45) is 0 Å². The number of anilines is 1. The minimum absolute atomic E-state index is 0.110. The van der Waals surface area contributed by atoms with Crippen molar-refractivity contribution in [2.45, 2.75) is 19.0 Å². The lowest BCUT2D eigenvalue weighted by Crippen LogP contribution is -2.30. The van der Waals surface area contributed by atoms with Crippen molar-refractivity contribution in [2.75, 3.05) is 4.90 Å². The number of para-hydroxylation sites is 1. The Labute approximate surface area is 222 Å². The van der Waals surface area contributed by atoms with Crippen LogP contribution in [0.15, 0.2) is 122 Å². The summed E-state index contributed by atoms with van der Waals surface area (Å²) in [6.07, 6.45) is 3.92. The number of benzene rings is 3. The lowest BCUT2D eigenvalue weighted by atomic mass is 10.0. The quantitative estimate of drug-likeness (QED) is 0.250. The summed E-state index contributed by atoms with van der Waals surface area (Å²) in [5.74, 6) is 1.58. The van der Waals surface area contributed by atoms with Gasteiger partial charge >= 0.3 is 0 Å². The summed E-state index contributed by atoms with van der Waals surface area (Å²) < 4.78 is 8.28. The molecule has 0 saturated carbocycles. The number of hydrogen-bond donors (Lipinski definition) is 1. The van der Waals surface area contributed by atoms with Crippen LogP contribution in [-0.4, -0.2) is 14.7 Å². The lowest BCUT2D eigenvalue weighted by molar-refractivity contribution is 0.482. The average molecular weight is 503 g/mol. The Morgan fingerprint density at radius 1 is 0.757 bits per heavy atom. The molecule has 6 rings (SSSR count). The van der Waals surface area contributed by atoms with E-state index in [9.17, 15) is 0 Å². The first-order chi connectivity index (χ1) is 18.2. The topological polar surface area (TPSA) is 42.3 Å². The fourth-order valence-electron chi connectivity index (χ4n) is 4.81. The summed E-state index contributed by atoms with van der Waals surface area (Å²) in [6.45, 7) is 2.06. The maximum Gasteiger partial charge on any atom is 0.174 e. The molecule has 3 heterocycles. The highest BCUT2D eigenvalue weighted by molar-refractivity contribution is 7.80. The van der Waals surface area contributed by atoms with E-state index in [0.29, 0.717) is 5.11 Å². The summed E-state index contributed by atoms with van der Waals surface area (Å²) >= 11 is 5.91. The molecule has 2 aromatic heterocycles. The van der Waals surface area contributed by atoms with Crippen molar-refractivity contribution >= 4 is 23.0 Å². The van der Waals surface area contributed by atoms with Crippen molar-refractivity contribution in [1.29, 1.82) is 0 Å². The molecule has 2 atom stereocenters. The van der Waals surface area contributed by atoms with Gasteiger partial charge in [0.25, 0.3) is 0 Å². The van der Waals surface area contributed by atoms with Gasteiger partial charge in [-0.25, -0.2) is 0 Å². The summed E-state index contributed by atoms with van der Waals surface area (Å²) in [5, 5.41) is 4.21. The van der Waals surface area contributed by atoms with Crippen LogP contribution in [0, 0.1) is 6.92 Å². The van der Waals surface area contributed by atoms with Gasteiger partial charge in [0.15, 0.2) is 5.11 Å². The molecule has 0 bridgehead atoms. The molecule has 1 aliphatic rings. The lowest BCUT2D eigenvalue weighted by Gasteiger charge is -2.29. The fraction of sp³-hybridized carbons (Fsp3) is 0.0968. The van der Waals surface area contributed by atoms with E-state index in [-0.39, 0.29) is 12.1 Å². The van der Waals surface area contributed by atoms with Crippen molar-refractivity contribution < 1.29 is 4.74 Å². The molecule has 182 valence electrons.